The maximum atomic E-state index is 16.5. The lowest BCUT2D eigenvalue weighted by atomic mass is 9.57. The van der Waals surface area contributed by atoms with Gasteiger partial charge in [0.15, 0.2) is 19.7 Å². The first-order valence-corrected chi connectivity index (χ1v) is 22.8. The van der Waals surface area contributed by atoms with Gasteiger partial charge >= 0.3 is 0 Å². The molecule has 1 aromatic heterocycles. The fraction of sp³-hybridized carbons (Fsp3) is 0.675. The number of unbranched alkanes of at least 4 members (excludes halogenated alkanes) is 2. The molecule has 1 heterocycles. The van der Waals surface area contributed by atoms with Gasteiger partial charge in [-0.25, -0.2) is 4.39 Å². The van der Waals surface area contributed by atoms with Crippen LogP contribution in [-0.2, 0) is 22.2 Å². The Bertz CT molecular complexity index is 1780. The van der Waals surface area contributed by atoms with E-state index >= 15 is 14.0 Å². The molecule has 1 saturated carbocycles. The highest BCUT2D eigenvalue weighted by atomic mass is 79.9. The number of aliphatic hydroxyl groups excluding tert-OH is 1. The number of hydrogen-bond acceptors (Lipinski definition) is 10. The molecule has 3 aliphatic rings. The predicted octanol–water partition coefficient (Wildman–Crippen LogP) is 9.11. The number of hydrogen-bond donors (Lipinski definition) is 2. The summed E-state index contributed by atoms with van der Waals surface area (Å²) < 4.78 is 42.2. The van der Waals surface area contributed by atoms with Crippen LogP contribution in [0.4, 0.5) is 4.39 Å². The number of fused-ring (bicyclic) bond motifs is 4. The molecule has 294 valence electrons. The zero-order chi connectivity index (χ0) is 39.4. The highest BCUT2D eigenvalue weighted by molar-refractivity contribution is 9.10. The van der Waals surface area contributed by atoms with Crippen LogP contribution in [0.3, 0.4) is 0 Å². The molecule has 10 nitrogen and oxygen atoms in total. The van der Waals surface area contributed by atoms with Crippen LogP contribution in [0, 0.1) is 17.7 Å². The van der Waals surface area contributed by atoms with Gasteiger partial charge in [-0.15, -0.1) is 0 Å². The van der Waals surface area contributed by atoms with Crippen molar-refractivity contribution in [3.63, 3.8) is 0 Å². The smallest absolute Gasteiger partial charge is 0.265 e. The Balaban J connectivity index is 1.80. The Hall–Kier alpha value is -2.58. The van der Waals surface area contributed by atoms with Crippen LogP contribution in [0.1, 0.15) is 126 Å². The second-order valence-electron chi connectivity index (χ2n) is 17.7. The molecular formula is C40H59BrFN3O7Si. The monoisotopic (exact) mass is 819 g/mol. The van der Waals surface area contributed by atoms with Crippen LogP contribution in [0.25, 0.3) is 5.76 Å². The molecule has 0 aliphatic heterocycles. The number of halogens is 2. The predicted molar refractivity (Wildman–Crippen MR) is 210 cm³/mol. The number of aliphatic hydroxyl groups is 1. The van der Waals surface area contributed by atoms with Gasteiger partial charge < -0.3 is 28.8 Å². The molecule has 0 amide bonds. The molecule has 2 aromatic rings. The fourth-order valence-corrected chi connectivity index (χ4v) is 9.67. The van der Waals surface area contributed by atoms with Crippen molar-refractivity contribution in [1.82, 2.24) is 15.4 Å². The number of carbonyl (C=O) groups is 2. The number of nitrogens with zero attached hydrogens (tertiary/aromatic N) is 2. The van der Waals surface area contributed by atoms with E-state index in [1.807, 2.05) is 66.7 Å². The van der Waals surface area contributed by atoms with E-state index in [1.165, 1.54) is 0 Å². The summed E-state index contributed by atoms with van der Waals surface area (Å²) in [5.74, 6) is -2.58. The van der Waals surface area contributed by atoms with Gasteiger partial charge in [-0.1, -0.05) is 47.5 Å². The van der Waals surface area contributed by atoms with Gasteiger partial charge in [-0.2, -0.15) is 0 Å². The van der Waals surface area contributed by atoms with Crippen molar-refractivity contribution in [3.05, 3.63) is 43.9 Å². The largest absolute Gasteiger partial charge is 0.507 e. The van der Waals surface area contributed by atoms with Gasteiger partial charge in [0.25, 0.3) is 5.88 Å². The van der Waals surface area contributed by atoms with Gasteiger partial charge in [0.2, 0.25) is 11.6 Å². The molecule has 0 saturated heterocycles. The molecule has 0 spiro atoms. The summed E-state index contributed by atoms with van der Waals surface area (Å²) in [6.45, 7) is 21.0. The summed E-state index contributed by atoms with van der Waals surface area (Å²) in [7, 11) is 0.867. The minimum absolute atomic E-state index is 0.0473. The molecule has 0 unspecified atom stereocenters. The Morgan fingerprint density at radius 3 is 2.23 bits per heavy atom. The Morgan fingerprint density at radius 1 is 1.04 bits per heavy atom. The summed E-state index contributed by atoms with van der Waals surface area (Å²) in [6, 6.07) is -0.587. The average Bonchev–Trinajstić information content (AvgIpc) is 3.46. The van der Waals surface area contributed by atoms with Crippen LogP contribution in [-0.4, -0.2) is 73.5 Å². The number of nitrogens with one attached hydrogen (secondary N) is 1. The van der Waals surface area contributed by atoms with Gasteiger partial charge in [0.05, 0.1) is 29.3 Å². The Labute approximate surface area is 323 Å². The first kappa shape index (κ1) is 41.6. The van der Waals surface area contributed by atoms with Crippen LogP contribution in [0.5, 0.6) is 11.6 Å². The maximum Gasteiger partial charge on any atom is 0.265 e. The molecule has 2 N–H and O–H groups in total. The molecule has 3 aliphatic carbocycles. The number of rotatable bonds is 13. The first-order valence-electron chi connectivity index (χ1n) is 19.1. The van der Waals surface area contributed by atoms with Gasteiger partial charge in [0, 0.05) is 29.1 Å². The average molecular weight is 821 g/mol. The quantitative estimate of drug-likeness (QED) is 0.115. The molecule has 1 fully saturated rings. The first-order chi connectivity index (χ1) is 24.6. The molecule has 13 heteroatoms. The number of carbonyl (C=O) groups excluding carboxylic acids is 2. The van der Waals surface area contributed by atoms with Crippen molar-refractivity contribution in [3.8, 4) is 11.6 Å². The minimum atomic E-state index is -2.89. The summed E-state index contributed by atoms with van der Waals surface area (Å²) in [5, 5.41) is 19.7. The molecule has 53 heavy (non-hydrogen) atoms. The second-order valence-corrected chi connectivity index (χ2v) is 23.2. The van der Waals surface area contributed by atoms with Gasteiger partial charge in [-0.05, 0) is 111 Å². The zero-order valence-corrected chi connectivity index (χ0v) is 36.2. The number of ketones is 2. The summed E-state index contributed by atoms with van der Waals surface area (Å²) in [5.41, 5.74) is -1.06. The molecule has 0 radical (unpaired) electrons. The fourth-order valence-electron chi connectivity index (χ4n) is 7.62. The van der Waals surface area contributed by atoms with E-state index < -0.39 is 49.2 Å². The molecular weight excluding hydrogens is 761 g/mol. The van der Waals surface area contributed by atoms with E-state index in [-0.39, 0.29) is 74.1 Å². The number of aromatic nitrogens is 1. The number of ether oxygens (including phenoxy) is 2. The standard InChI is InChI=1S/C40H59BrFN3O7Si/c1-13-15-17-49-33-24(21-43-38(3,4)5)30(42)29(41)23-19-22-20-25-31(45(9)10)34-28(37(44-51-34)50-18-16-14-2)36(48)40(25,52-53(11,12)39(6,7)8)35(47)26(22)32(46)27(23)33/h22,25,31,43,46H,13-21H2,1-12H3/t22-,25-,31-,40-/m0/s1. The molecule has 4 atom stereocenters. The van der Waals surface area contributed by atoms with Crippen LogP contribution in [0.15, 0.2) is 14.6 Å². The van der Waals surface area contributed by atoms with E-state index in [0.29, 0.717) is 31.0 Å². The van der Waals surface area contributed by atoms with Crippen molar-refractivity contribution in [2.75, 3.05) is 27.3 Å². The number of benzene rings is 1. The van der Waals surface area contributed by atoms with Gasteiger partial charge in [0.1, 0.15) is 22.9 Å². The summed E-state index contributed by atoms with van der Waals surface area (Å²) in [6.07, 6.45) is 3.71. The van der Waals surface area contributed by atoms with Crippen LogP contribution >= 0.6 is 15.9 Å². The van der Waals surface area contributed by atoms with E-state index in [0.717, 1.165) is 19.3 Å². The molecule has 1 aromatic carbocycles. The third-order valence-electron chi connectivity index (χ3n) is 11.5. The van der Waals surface area contributed by atoms with Crippen LogP contribution < -0.4 is 14.8 Å². The lowest BCUT2D eigenvalue weighted by Crippen LogP contribution is -2.68. The van der Waals surface area contributed by atoms with Crippen molar-refractivity contribution in [2.45, 2.75) is 136 Å². The van der Waals surface area contributed by atoms with Crippen molar-refractivity contribution < 1.29 is 37.5 Å². The minimum Gasteiger partial charge on any atom is -0.507 e. The number of Topliss-reactive ketones (excluding diaryl/α,β-unsaturated/α-hetero) is 2. The van der Waals surface area contributed by atoms with E-state index in [1.54, 1.807) is 0 Å². The van der Waals surface area contributed by atoms with E-state index in [2.05, 4.69) is 47.2 Å². The van der Waals surface area contributed by atoms with Crippen LogP contribution in [0.2, 0.25) is 18.1 Å². The third-order valence-corrected chi connectivity index (χ3v) is 16.7. The topological polar surface area (TPSA) is 123 Å². The Morgan fingerprint density at radius 2 is 1.66 bits per heavy atom. The highest BCUT2D eigenvalue weighted by Gasteiger charge is 2.69. The Kier molecular flexibility index (Phi) is 11.9. The SMILES string of the molecule is CCCCOc1noc2c1C(=O)[C@@]1(O[Si](C)(C)C(C)(C)C)C(=O)C3=C(O)c4c(c(Br)c(F)c(CNC(C)(C)C)c4OCCCC)C[C@H]3C[C@H]1[C@@H]2N(C)C. The molecule has 5 rings (SSSR count). The van der Waals surface area contributed by atoms with Crippen molar-refractivity contribution >= 4 is 41.6 Å². The second kappa shape index (κ2) is 15.2. The normalized spacial score (nSPS) is 23.2. The summed E-state index contributed by atoms with van der Waals surface area (Å²) >= 11 is 3.55. The summed E-state index contributed by atoms with van der Waals surface area (Å²) in [4.78, 5) is 33.0. The van der Waals surface area contributed by atoms with Gasteiger partial charge in [-0.3, -0.25) is 14.5 Å². The lowest BCUT2D eigenvalue weighted by Gasteiger charge is -2.55. The van der Waals surface area contributed by atoms with Crippen molar-refractivity contribution in [1.29, 1.82) is 0 Å². The highest BCUT2D eigenvalue weighted by Crippen LogP contribution is 2.59. The maximum absolute atomic E-state index is 16.5. The lowest BCUT2D eigenvalue weighted by molar-refractivity contribution is -0.140. The third kappa shape index (κ3) is 7.29. The van der Waals surface area contributed by atoms with E-state index in [4.69, 9.17) is 18.4 Å². The molecule has 0 bridgehead atoms. The zero-order valence-electron chi connectivity index (χ0n) is 33.6. The van der Waals surface area contributed by atoms with Crippen molar-refractivity contribution in [2.24, 2.45) is 11.8 Å². The van der Waals surface area contributed by atoms with E-state index in [9.17, 15) is 5.11 Å².